The van der Waals surface area contributed by atoms with Gasteiger partial charge < -0.3 is 9.47 Å². The van der Waals surface area contributed by atoms with Crippen LogP contribution in [0.2, 0.25) is 0 Å². The van der Waals surface area contributed by atoms with Crippen molar-refractivity contribution in [1.29, 1.82) is 0 Å². The molecule has 170 valence electrons. The lowest BCUT2D eigenvalue weighted by molar-refractivity contribution is -0.131. The first-order valence-electron chi connectivity index (χ1n) is 10.3. The van der Waals surface area contributed by atoms with Gasteiger partial charge in [0.25, 0.3) is 5.56 Å². The fourth-order valence-electron chi connectivity index (χ4n) is 3.55. The number of carbonyl (C=O) groups excluding carboxylic acids is 2. The zero-order chi connectivity index (χ0) is 23.6. The van der Waals surface area contributed by atoms with Crippen molar-refractivity contribution in [3.05, 3.63) is 56.5 Å². The molecular weight excluding hydrogens is 416 g/mol. The molecule has 10 nitrogen and oxygen atoms in total. The molecule has 0 saturated heterocycles. The third-order valence-electron chi connectivity index (χ3n) is 5.09. The lowest BCUT2D eigenvalue weighted by Crippen LogP contribution is -2.39. The number of para-hydroxylation sites is 1. The molecule has 3 aromatic rings. The Morgan fingerprint density at radius 1 is 1.19 bits per heavy atom. The number of esters is 2. The van der Waals surface area contributed by atoms with Gasteiger partial charge in [-0.2, -0.15) is 0 Å². The monoisotopic (exact) mass is 442 g/mol. The van der Waals surface area contributed by atoms with E-state index in [0.29, 0.717) is 12.4 Å². The van der Waals surface area contributed by atoms with Crippen LogP contribution in [0.15, 0.2) is 33.9 Å². The summed E-state index contributed by atoms with van der Waals surface area (Å²) < 4.78 is 14.7. The highest BCUT2D eigenvalue weighted by Gasteiger charge is 2.25. The minimum Gasteiger partial charge on any atom is -0.438 e. The summed E-state index contributed by atoms with van der Waals surface area (Å²) in [6.07, 6.45) is 0.700. The van der Waals surface area contributed by atoms with E-state index in [9.17, 15) is 19.2 Å². The van der Waals surface area contributed by atoms with Gasteiger partial charge in [-0.05, 0) is 32.4 Å². The lowest BCUT2D eigenvalue weighted by atomic mass is 10.2. The first kappa shape index (κ1) is 23.0. The number of aryl methyl sites for hydroxylation is 2. The standard InChI is InChI=1S/C22H26N4O6/c1-6-7-12-25-19-18(20(28)24(5)22(25)30)26(13(2)23-19)14(3)31-21(29)16-10-8-9-11-17(16)32-15(4)27/h8-11,14H,6-7,12H2,1-5H3. The quantitative estimate of drug-likeness (QED) is 0.407. The number of carbonyl (C=O) groups is 2. The molecule has 2 heterocycles. The first-order valence-corrected chi connectivity index (χ1v) is 10.3. The van der Waals surface area contributed by atoms with Gasteiger partial charge >= 0.3 is 17.6 Å². The first-order chi connectivity index (χ1) is 15.2. The van der Waals surface area contributed by atoms with Gasteiger partial charge in [-0.25, -0.2) is 14.6 Å². The Morgan fingerprint density at radius 2 is 1.88 bits per heavy atom. The van der Waals surface area contributed by atoms with Gasteiger partial charge in [0.15, 0.2) is 17.4 Å². The maximum absolute atomic E-state index is 12.9. The van der Waals surface area contributed by atoms with E-state index < -0.39 is 29.4 Å². The summed E-state index contributed by atoms with van der Waals surface area (Å²) >= 11 is 0. The Bertz CT molecular complexity index is 1300. The number of rotatable bonds is 7. The van der Waals surface area contributed by atoms with E-state index >= 15 is 0 Å². The van der Waals surface area contributed by atoms with Crippen molar-refractivity contribution in [1.82, 2.24) is 18.7 Å². The summed E-state index contributed by atoms with van der Waals surface area (Å²) in [6.45, 7) is 6.93. The zero-order valence-electron chi connectivity index (χ0n) is 18.7. The van der Waals surface area contributed by atoms with Gasteiger partial charge in [-0.3, -0.25) is 23.3 Å². The van der Waals surface area contributed by atoms with Crippen LogP contribution in [0.5, 0.6) is 5.75 Å². The second-order valence-corrected chi connectivity index (χ2v) is 7.45. The predicted octanol–water partition coefficient (Wildman–Crippen LogP) is 2.31. The molecule has 0 radical (unpaired) electrons. The topological polar surface area (TPSA) is 114 Å². The molecule has 0 saturated carbocycles. The predicted molar refractivity (Wildman–Crippen MR) is 117 cm³/mol. The van der Waals surface area contributed by atoms with Gasteiger partial charge in [0.2, 0.25) is 0 Å². The van der Waals surface area contributed by atoms with E-state index in [0.717, 1.165) is 17.4 Å². The number of ether oxygens (including phenoxy) is 2. The Labute approximate surface area is 184 Å². The molecule has 10 heteroatoms. The van der Waals surface area contributed by atoms with Crippen molar-refractivity contribution < 1.29 is 19.1 Å². The maximum atomic E-state index is 12.9. The van der Waals surface area contributed by atoms with Gasteiger partial charge in [0.1, 0.15) is 17.1 Å². The van der Waals surface area contributed by atoms with Gasteiger partial charge in [-0.15, -0.1) is 0 Å². The minimum atomic E-state index is -0.914. The SMILES string of the molecule is CCCCn1c(=O)n(C)c(=O)c2c1nc(C)n2C(C)OC(=O)c1ccccc1OC(C)=O. The molecule has 0 aliphatic carbocycles. The van der Waals surface area contributed by atoms with Crippen molar-refractivity contribution in [3.63, 3.8) is 0 Å². The highest BCUT2D eigenvalue weighted by molar-refractivity contribution is 5.93. The van der Waals surface area contributed by atoms with E-state index in [1.54, 1.807) is 26.0 Å². The summed E-state index contributed by atoms with van der Waals surface area (Å²) in [4.78, 5) is 54.2. The molecule has 32 heavy (non-hydrogen) atoms. The Morgan fingerprint density at radius 3 is 2.53 bits per heavy atom. The van der Waals surface area contributed by atoms with E-state index in [2.05, 4.69) is 4.98 Å². The van der Waals surface area contributed by atoms with Crippen LogP contribution in [-0.2, 0) is 23.1 Å². The summed E-state index contributed by atoms with van der Waals surface area (Å²) in [5.41, 5.74) is -0.465. The van der Waals surface area contributed by atoms with Crippen molar-refractivity contribution in [3.8, 4) is 5.75 Å². The Hall–Kier alpha value is -3.69. The number of unbranched alkanes of at least 4 members (excludes halogenated alkanes) is 1. The second-order valence-electron chi connectivity index (χ2n) is 7.45. The fraction of sp³-hybridized carbons (Fsp3) is 0.409. The number of benzene rings is 1. The maximum Gasteiger partial charge on any atom is 0.343 e. The highest BCUT2D eigenvalue weighted by atomic mass is 16.6. The van der Waals surface area contributed by atoms with Crippen molar-refractivity contribution in [2.24, 2.45) is 7.05 Å². The number of imidazole rings is 1. The number of aromatic nitrogens is 4. The number of fused-ring (bicyclic) bond motifs is 1. The average molecular weight is 442 g/mol. The molecule has 1 atom stereocenters. The summed E-state index contributed by atoms with van der Waals surface area (Å²) in [5.74, 6) is -0.801. The largest absolute Gasteiger partial charge is 0.438 e. The number of hydrogen-bond donors (Lipinski definition) is 0. The van der Waals surface area contributed by atoms with Crippen LogP contribution < -0.4 is 16.0 Å². The minimum absolute atomic E-state index is 0.0735. The summed E-state index contributed by atoms with van der Waals surface area (Å²) in [6, 6.07) is 6.22. The molecule has 2 aromatic heterocycles. The highest BCUT2D eigenvalue weighted by Crippen LogP contribution is 2.24. The van der Waals surface area contributed by atoms with Crippen LogP contribution in [0.4, 0.5) is 0 Å². The lowest BCUT2D eigenvalue weighted by Gasteiger charge is -2.18. The van der Waals surface area contributed by atoms with Crippen LogP contribution in [0.3, 0.4) is 0 Å². The molecule has 0 spiro atoms. The number of nitrogens with zero attached hydrogens (tertiary/aromatic N) is 4. The van der Waals surface area contributed by atoms with E-state index in [1.165, 1.54) is 35.2 Å². The second kappa shape index (κ2) is 9.21. The molecule has 0 fully saturated rings. The van der Waals surface area contributed by atoms with Gasteiger partial charge in [-0.1, -0.05) is 25.5 Å². The van der Waals surface area contributed by atoms with E-state index in [-0.39, 0.29) is 22.5 Å². The normalized spacial score (nSPS) is 12.0. The average Bonchev–Trinajstić information content (AvgIpc) is 3.09. The van der Waals surface area contributed by atoms with Crippen molar-refractivity contribution in [2.45, 2.75) is 53.3 Å². The van der Waals surface area contributed by atoms with Crippen molar-refractivity contribution >= 4 is 23.1 Å². The third kappa shape index (κ3) is 4.20. The Balaban J connectivity index is 2.05. The van der Waals surface area contributed by atoms with Crippen LogP contribution in [0, 0.1) is 6.92 Å². The molecule has 1 aromatic carbocycles. The van der Waals surface area contributed by atoms with Crippen molar-refractivity contribution in [2.75, 3.05) is 0 Å². The smallest absolute Gasteiger partial charge is 0.343 e. The molecule has 0 bridgehead atoms. The summed E-state index contributed by atoms with van der Waals surface area (Å²) in [5, 5.41) is 0. The fourth-order valence-corrected chi connectivity index (χ4v) is 3.55. The van der Waals surface area contributed by atoms with Gasteiger partial charge in [0, 0.05) is 20.5 Å². The Kier molecular flexibility index (Phi) is 6.61. The third-order valence-corrected chi connectivity index (χ3v) is 5.09. The molecule has 0 aliphatic heterocycles. The summed E-state index contributed by atoms with van der Waals surface area (Å²) in [7, 11) is 1.41. The molecule has 1 unspecified atom stereocenters. The van der Waals surface area contributed by atoms with Crippen LogP contribution in [0.1, 0.15) is 56.0 Å². The molecule has 3 rings (SSSR count). The van der Waals surface area contributed by atoms with Gasteiger partial charge in [0.05, 0.1) is 0 Å². The molecule has 0 aliphatic rings. The van der Waals surface area contributed by atoms with E-state index in [4.69, 9.17) is 9.47 Å². The van der Waals surface area contributed by atoms with Crippen LogP contribution in [0.25, 0.3) is 11.2 Å². The van der Waals surface area contributed by atoms with E-state index in [1.807, 2.05) is 6.92 Å². The van der Waals surface area contributed by atoms with Crippen LogP contribution in [-0.4, -0.2) is 30.6 Å². The number of hydrogen-bond acceptors (Lipinski definition) is 7. The zero-order valence-corrected chi connectivity index (χ0v) is 18.7. The molecule has 0 N–H and O–H groups in total. The molecular formula is C22H26N4O6. The molecule has 0 amide bonds. The van der Waals surface area contributed by atoms with Crippen LogP contribution >= 0.6 is 0 Å².